The van der Waals surface area contributed by atoms with Crippen LogP contribution < -0.4 is 5.32 Å². The molecular formula is C23H25N3O5S. The van der Waals surface area contributed by atoms with Gasteiger partial charge in [0.2, 0.25) is 10.0 Å². The molecule has 0 bridgehead atoms. The number of hydrogen-bond donors (Lipinski definition) is 1. The third kappa shape index (κ3) is 3.93. The van der Waals surface area contributed by atoms with E-state index >= 15 is 0 Å². The van der Waals surface area contributed by atoms with E-state index in [4.69, 9.17) is 0 Å². The normalized spacial score (nSPS) is 21.5. The van der Waals surface area contributed by atoms with Crippen LogP contribution in [0.5, 0.6) is 0 Å². The maximum atomic E-state index is 13.0. The van der Waals surface area contributed by atoms with Gasteiger partial charge in [-0.15, -0.1) is 0 Å². The Balaban J connectivity index is 1.50. The molecule has 9 heteroatoms. The average molecular weight is 456 g/mol. The number of anilines is 1. The zero-order valence-corrected chi connectivity index (χ0v) is 19.0. The number of carbonyl (C=O) groups is 3. The molecule has 1 N–H and O–H groups in total. The summed E-state index contributed by atoms with van der Waals surface area (Å²) in [6, 6.07) is 10.3. The van der Waals surface area contributed by atoms with Crippen LogP contribution in [0.4, 0.5) is 5.69 Å². The molecule has 2 aliphatic heterocycles. The number of amides is 3. The molecule has 2 atom stereocenters. The van der Waals surface area contributed by atoms with Gasteiger partial charge in [0.05, 0.1) is 16.0 Å². The molecule has 2 aromatic rings. The van der Waals surface area contributed by atoms with E-state index in [0.717, 1.165) is 11.3 Å². The fourth-order valence-corrected chi connectivity index (χ4v) is 6.05. The molecule has 2 aliphatic rings. The van der Waals surface area contributed by atoms with E-state index in [1.54, 1.807) is 6.07 Å². The largest absolute Gasteiger partial charge is 0.322 e. The van der Waals surface area contributed by atoms with Gasteiger partial charge in [-0.2, -0.15) is 4.31 Å². The van der Waals surface area contributed by atoms with Gasteiger partial charge in [-0.25, -0.2) is 8.42 Å². The fraction of sp³-hybridized carbons (Fsp3) is 0.348. The number of rotatable bonds is 4. The molecule has 1 fully saturated rings. The minimum Gasteiger partial charge on any atom is -0.322 e. The molecule has 0 spiro atoms. The van der Waals surface area contributed by atoms with Crippen LogP contribution in [0.1, 0.15) is 51.3 Å². The first-order valence-corrected chi connectivity index (χ1v) is 11.9. The van der Waals surface area contributed by atoms with Gasteiger partial charge >= 0.3 is 0 Å². The number of hydrogen-bond acceptors (Lipinski definition) is 5. The molecule has 32 heavy (non-hydrogen) atoms. The van der Waals surface area contributed by atoms with Crippen LogP contribution in [0.3, 0.4) is 0 Å². The number of benzene rings is 2. The first-order valence-electron chi connectivity index (χ1n) is 10.5. The first-order chi connectivity index (χ1) is 15.1. The van der Waals surface area contributed by atoms with Crippen LogP contribution in [0.2, 0.25) is 0 Å². The summed E-state index contributed by atoms with van der Waals surface area (Å²) >= 11 is 0. The summed E-state index contributed by atoms with van der Waals surface area (Å²) < 4.78 is 27.5. The van der Waals surface area contributed by atoms with E-state index in [9.17, 15) is 22.8 Å². The number of piperidine rings is 1. The summed E-state index contributed by atoms with van der Waals surface area (Å²) in [7, 11) is -2.22. The highest BCUT2D eigenvalue weighted by Gasteiger charge is 2.33. The second kappa shape index (κ2) is 8.14. The SMILES string of the molecule is C[C@@H]1C[C@H](C)CN(S(=O)(=O)c2ccc(C(=O)Nc3ccc4c(c3)C(=O)N(C)C4=O)cc2)C1. The Morgan fingerprint density at radius 3 is 2.16 bits per heavy atom. The predicted molar refractivity (Wildman–Crippen MR) is 119 cm³/mol. The highest BCUT2D eigenvalue weighted by atomic mass is 32.2. The van der Waals surface area contributed by atoms with Crippen molar-refractivity contribution < 1.29 is 22.8 Å². The van der Waals surface area contributed by atoms with Crippen molar-refractivity contribution in [3.05, 3.63) is 59.2 Å². The van der Waals surface area contributed by atoms with Crippen LogP contribution in [0, 0.1) is 11.8 Å². The Kier molecular flexibility index (Phi) is 5.64. The molecule has 0 aromatic heterocycles. The third-order valence-corrected chi connectivity index (χ3v) is 7.78. The summed E-state index contributed by atoms with van der Waals surface area (Å²) in [5.41, 5.74) is 1.19. The fourth-order valence-electron chi connectivity index (χ4n) is 4.37. The lowest BCUT2D eigenvalue weighted by Gasteiger charge is -2.34. The van der Waals surface area contributed by atoms with Gasteiger partial charge in [0.25, 0.3) is 17.7 Å². The summed E-state index contributed by atoms with van der Waals surface area (Å²) in [6.07, 6.45) is 1.00. The van der Waals surface area contributed by atoms with E-state index in [1.807, 2.05) is 13.8 Å². The Hall–Kier alpha value is -3.04. The maximum Gasteiger partial charge on any atom is 0.261 e. The summed E-state index contributed by atoms with van der Waals surface area (Å²) in [5.74, 6) is -0.644. The van der Waals surface area contributed by atoms with Crippen molar-refractivity contribution in [2.45, 2.75) is 25.2 Å². The van der Waals surface area contributed by atoms with Gasteiger partial charge in [-0.1, -0.05) is 13.8 Å². The molecule has 3 amide bonds. The van der Waals surface area contributed by atoms with Crippen molar-refractivity contribution in [3.63, 3.8) is 0 Å². The first kappa shape index (κ1) is 22.2. The minimum absolute atomic E-state index is 0.153. The number of imide groups is 1. The lowest BCUT2D eigenvalue weighted by Crippen LogP contribution is -2.42. The van der Waals surface area contributed by atoms with Crippen LogP contribution in [-0.4, -0.2) is 55.5 Å². The number of nitrogens with zero attached hydrogens (tertiary/aromatic N) is 2. The quantitative estimate of drug-likeness (QED) is 0.714. The summed E-state index contributed by atoms with van der Waals surface area (Å²) in [6.45, 7) is 5.07. The van der Waals surface area contributed by atoms with Gasteiger partial charge in [0.1, 0.15) is 0 Å². The Morgan fingerprint density at radius 2 is 1.53 bits per heavy atom. The number of nitrogens with one attached hydrogen (secondary N) is 1. The molecule has 168 valence electrons. The molecule has 1 saturated heterocycles. The van der Waals surface area contributed by atoms with Crippen LogP contribution in [-0.2, 0) is 10.0 Å². The molecular weight excluding hydrogens is 430 g/mol. The number of fused-ring (bicyclic) bond motifs is 1. The molecule has 2 heterocycles. The van der Waals surface area contributed by atoms with Crippen LogP contribution >= 0.6 is 0 Å². The van der Waals surface area contributed by atoms with Gasteiger partial charge in [-0.3, -0.25) is 19.3 Å². The number of carbonyl (C=O) groups excluding carboxylic acids is 3. The molecule has 0 aliphatic carbocycles. The second-order valence-electron chi connectivity index (χ2n) is 8.68. The maximum absolute atomic E-state index is 13.0. The van der Waals surface area contributed by atoms with Crippen molar-refractivity contribution in [1.29, 1.82) is 0 Å². The molecule has 4 rings (SSSR count). The van der Waals surface area contributed by atoms with Crippen LogP contribution in [0.25, 0.3) is 0 Å². The van der Waals surface area contributed by atoms with Gasteiger partial charge in [0.15, 0.2) is 0 Å². The lowest BCUT2D eigenvalue weighted by molar-refractivity contribution is 0.0692. The van der Waals surface area contributed by atoms with E-state index in [1.165, 1.54) is 47.8 Å². The van der Waals surface area contributed by atoms with Gasteiger partial charge < -0.3 is 5.32 Å². The smallest absolute Gasteiger partial charge is 0.261 e. The molecule has 0 radical (unpaired) electrons. The Morgan fingerprint density at radius 1 is 0.938 bits per heavy atom. The molecule has 2 aromatic carbocycles. The van der Waals surface area contributed by atoms with Crippen molar-refractivity contribution in [2.24, 2.45) is 11.8 Å². The van der Waals surface area contributed by atoms with Gasteiger partial charge in [0, 0.05) is 31.4 Å². The van der Waals surface area contributed by atoms with E-state index in [0.29, 0.717) is 36.2 Å². The summed E-state index contributed by atoms with van der Waals surface area (Å²) in [4.78, 5) is 38.0. The molecule has 0 unspecified atom stereocenters. The predicted octanol–water partition coefficient (Wildman–Crippen LogP) is 2.83. The highest BCUT2D eigenvalue weighted by Crippen LogP contribution is 2.27. The number of sulfonamides is 1. The van der Waals surface area contributed by atoms with E-state index in [-0.39, 0.29) is 21.9 Å². The monoisotopic (exact) mass is 455 g/mol. The standard InChI is InChI=1S/C23H25N3O5S/c1-14-10-15(2)13-26(12-14)32(30,31)18-7-4-16(5-8-18)21(27)24-17-6-9-19-20(11-17)23(29)25(3)22(19)28/h4-9,11,14-15H,10,12-13H2,1-3H3,(H,24,27)/t14-,15+. The third-order valence-electron chi connectivity index (χ3n) is 5.94. The molecule has 0 saturated carbocycles. The van der Waals surface area contributed by atoms with Crippen LogP contribution in [0.15, 0.2) is 47.4 Å². The summed E-state index contributed by atoms with van der Waals surface area (Å²) in [5, 5.41) is 2.69. The Bertz CT molecular complexity index is 1200. The van der Waals surface area contributed by atoms with Crippen molar-refractivity contribution in [3.8, 4) is 0 Å². The van der Waals surface area contributed by atoms with Crippen molar-refractivity contribution in [2.75, 3.05) is 25.5 Å². The van der Waals surface area contributed by atoms with E-state index in [2.05, 4.69) is 5.32 Å². The van der Waals surface area contributed by atoms with E-state index < -0.39 is 21.8 Å². The lowest BCUT2D eigenvalue weighted by atomic mass is 9.94. The van der Waals surface area contributed by atoms with Crippen molar-refractivity contribution >= 4 is 33.4 Å². The zero-order valence-electron chi connectivity index (χ0n) is 18.2. The Labute approximate surface area is 187 Å². The topological polar surface area (TPSA) is 104 Å². The highest BCUT2D eigenvalue weighted by molar-refractivity contribution is 7.89. The minimum atomic E-state index is -3.63. The second-order valence-corrected chi connectivity index (χ2v) is 10.6. The average Bonchev–Trinajstić information content (AvgIpc) is 2.97. The van der Waals surface area contributed by atoms with Crippen molar-refractivity contribution in [1.82, 2.24) is 9.21 Å². The zero-order chi connectivity index (χ0) is 23.2. The molecule has 8 nitrogen and oxygen atoms in total. The van der Waals surface area contributed by atoms with Gasteiger partial charge in [-0.05, 0) is 60.7 Å².